The second-order valence-corrected chi connectivity index (χ2v) is 5.62. The maximum Gasteiger partial charge on any atom is 0.223 e. The lowest BCUT2D eigenvalue weighted by Crippen LogP contribution is -2.38. The quantitative estimate of drug-likeness (QED) is 0.645. The van der Waals surface area contributed by atoms with Crippen molar-refractivity contribution in [3.63, 3.8) is 0 Å². The number of aliphatic imine (C=N–C) groups is 1. The number of aryl methyl sites for hydroxylation is 1. The van der Waals surface area contributed by atoms with E-state index in [0.717, 1.165) is 19.0 Å². The van der Waals surface area contributed by atoms with Crippen molar-refractivity contribution < 1.29 is 4.79 Å². The fourth-order valence-electron chi connectivity index (χ4n) is 1.99. The predicted molar refractivity (Wildman–Crippen MR) is 91.9 cm³/mol. The van der Waals surface area contributed by atoms with Crippen LogP contribution in [0.15, 0.2) is 29.3 Å². The fraction of sp³-hybridized carbons (Fsp3) is 0.529. The van der Waals surface area contributed by atoms with Gasteiger partial charge in [0.05, 0.1) is 6.54 Å². The van der Waals surface area contributed by atoms with Crippen molar-refractivity contribution in [2.24, 2.45) is 4.99 Å². The molecule has 1 aromatic rings. The Balaban J connectivity index is 2.63. The molecule has 0 radical (unpaired) electrons. The zero-order valence-corrected chi connectivity index (χ0v) is 14.4. The smallest absolute Gasteiger partial charge is 0.223 e. The standard InChI is InChI=1S/C17H28N4O/c1-6-18-17(19-12-11-16(22)20(3)4)21(5)13-15-9-7-14(2)8-10-15/h7-10H,6,11-13H2,1-5H3,(H,18,19). The topological polar surface area (TPSA) is 47.9 Å². The third-order valence-corrected chi connectivity index (χ3v) is 3.32. The molecule has 1 rings (SSSR count). The molecule has 0 saturated carbocycles. The van der Waals surface area contributed by atoms with E-state index in [-0.39, 0.29) is 5.91 Å². The third kappa shape index (κ3) is 6.16. The van der Waals surface area contributed by atoms with E-state index in [2.05, 4.69) is 46.4 Å². The molecular formula is C17H28N4O. The first-order valence-corrected chi connectivity index (χ1v) is 7.69. The number of carbonyl (C=O) groups is 1. The molecule has 1 amide bonds. The Bertz CT molecular complexity index is 494. The molecule has 5 nitrogen and oxygen atoms in total. The summed E-state index contributed by atoms with van der Waals surface area (Å²) in [6.45, 7) is 6.21. The minimum atomic E-state index is 0.0980. The van der Waals surface area contributed by atoms with Gasteiger partial charge in [-0.25, -0.2) is 0 Å². The van der Waals surface area contributed by atoms with Crippen molar-refractivity contribution in [3.05, 3.63) is 35.4 Å². The van der Waals surface area contributed by atoms with Gasteiger partial charge in [-0.15, -0.1) is 0 Å². The highest BCUT2D eigenvalue weighted by Gasteiger charge is 2.08. The van der Waals surface area contributed by atoms with Gasteiger partial charge in [-0.3, -0.25) is 9.79 Å². The number of nitrogens with one attached hydrogen (secondary N) is 1. The lowest BCUT2D eigenvalue weighted by molar-refractivity contribution is -0.128. The van der Waals surface area contributed by atoms with Gasteiger partial charge < -0.3 is 15.1 Å². The Kier molecular flexibility index (Phi) is 7.43. The van der Waals surface area contributed by atoms with Crippen molar-refractivity contribution in [2.75, 3.05) is 34.2 Å². The van der Waals surface area contributed by atoms with Gasteiger partial charge >= 0.3 is 0 Å². The summed E-state index contributed by atoms with van der Waals surface area (Å²) < 4.78 is 0. The minimum Gasteiger partial charge on any atom is -0.357 e. The lowest BCUT2D eigenvalue weighted by Gasteiger charge is -2.22. The molecule has 122 valence electrons. The SMILES string of the molecule is CCNC(=NCCC(=O)N(C)C)N(C)Cc1ccc(C)cc1. The number of guanidine groups is 1. The Morgan fingerprint density at radius 1 is 1.18 bits per heavy atom. The van der Waals surface area contributed by atoms with Gasteiger partial charge in [0, 0.05) is 40.7 Å². The first-order valence-electron chi connectivity index (χ1n) is 7.69. The maximum absolute atomic E-state index is 11.6. The number of nitrogens with zero attached hydrogens (tertiary/aromatic N) is 3. The highest BCUT2D eigenvalue weighted by Crippen LogP contribution is 2.06. The van der Waals surface area contributed by atoms with Crippen LogP contribution < -0.4 is 5.32 Å². The number of hydrogen-bond acceptors (Lipinski definition) is 2. The maximum atomic E-state index is 11.6. The summed E-state index contributed by atoms with van der Waals surface area (Å²) in [4.78, 5) is 19.8. The van der Waals surface area contributed by atoms with Crippen LogP contribution in [0.1, 0.15) is 24.5 Å². The average molecular weight is 304 g/mol. The molecular weight excluding hydrogens is 276 g/mol. The van der Waals surface area contributed by atoms with Crippen molar-refractivity contribution in [3.8, 4) is 0 Å². The van der Waals surface area contributed by atoms with Gasteiger partial charge in [0.1, 0.15) is 0 Å². The van der Waals surface area contributed by atoms with E-state index in [0.29, 0.717) is 13.0 Å². The van der Waals surface area contributed by atoms with E-state index in [4.69, 9.17) is 0 Å². The van der Waals surface area contributed by atoms with Crippen molar-refractivity contribution in [1.82, 2.24) is 15.1 Å². The molecule has 0 aromatic heterocycles. The van der Waals surface area contributed by atoms with E-state index >= 15 is 0 Å². The Morgan fingerprint density at radius 3 is 2.36 bits per heavy atom. The number of rotatable bonds is 6. The van der Waals surface area contributed by atoms with Crippen LogP contribution in [-0.4, -0.2) is 55.9 Å². The first-order chi connectivity index (χ1) is 10.4. The molecule has 1 aromatic carbocycles. The molecule has 0 aliphatic carbocycles. The van der Waals surface area contributed by atoms with Crippen LogP contribution >= 0.6 is 0 Å². The Hall–Kier alpha value is -2.04. The monoisotopic (exact) mass is 304 g/mol. The van der Waals surface area contributed by atoms with Gasteiger partial charge in [0.2, 0.25) is 5.91 Å². The van der Waals surface area contributed by atoms with E-state index in [9.17, 15) is 4.79 Å². The lowest BCUT2D eigenvalue weighted by atomic mass is 10.1. The molecule has 0 unspecified atom stereocenters. The van der Waals surface area contributed by atoms with Crippen LogP contribution in [0.25, 0.3) is 0 Å². The summed E-state index contributed by atoms with van der Waals surface area (Å²) in [5.74, 6) is 0.926. The number of carbonyl (C=O) groups excluding carboxylic acids is 1. The molecule has 22 heavy (non-hydrogen) atoms. The second-order valence-electron chi connectivity index (χ2n) is 5.62. The van der Waals surface area contributed by atoms with Gasteiger partial charge in [-0.2, -0.15) is 0 Å². The average Bonchev–Trinajstić information content (AvgIpc) is 2.48. The second kappa shape index (κ2) is 9.07. The number of benzene rings is 1. The molecule has 0 aliphatic rings. The van der Waals surface area contributed by atoms with Gasteiger partial charge in [0.25, 0.3) is 0 Å². The first kappa shape index (κ1) is 18.0. The largest absolute Gasteiger partial charge is 0.357 e. The van der Waals surface area contributed by atoms with Crippen LogP contribution in [0.3, 0.4) is 0 Å². The Morgan fingerprint density at radius 2 is 1.82 bits per heavy atom. The highest BCUT2D eigenvalue weighted by atomic mass is 16.2. The third-order valence-electron chi connectivity index (χ3n) is 3.32. The molecule has 1 N–H and O–H groups in total. The predicted octanol–water partition coefficient (Wildman–Crippen LogP) is 1.87. The fourth-order valence-corrected chi connectivity index (χ4v) is 1.99. The molecule has 0 aliphatic heterocycles. The van der Waals surface area contributed by atoms with Crippen LogP contribution in [0.4, 0.5) is 0 Å². The number of hydrogen-bond donors (Lipinski definition) is 1. The summed E-state index contributed by atoms with van der Waals surface area (Å²) in [7, 11) is 5.54. The Labute approximate surface area is 134 Å². The van der Waals surface area contributed by atoms with Crippen LogP contribution in [0, 0.1) is 6.92 Å². The zero-order chi connectivity index (χ0) is 16.5. The molecule has 0 spiro atoms. The highest BCUT2D eigenvalue weighted by molar-refractivity contribution is 5.80. The normalized spacial score (nSPS) is 11.2. The van der Waals surface area contributed by atoms with Crippen molar-refractivity contribution in [1.29, 1.82) is 0 Å². The summed E-state index contributed by atoms with van der Waals surface area (Å²) in [5, 5.41) is 3.27. The molecule has 0 saturated heterocycles. The van der Waals surface area contributed by atoms with Crippen LogP contribution in [0.5, 0.6) is 0 Å². The molecule has 5 heteroatoms. The van der Waals surface area contributed by atoms with E-state index in [1.165, 1.54) is 11.1 Å². The number of amides is 1. The summed E-state index contributed by atoms with van der Waals surface area (Å²) >= 11 is 0. The van der Waals surface area contributed by atoms with Crippen molar-refractivity contribution in [2.45, 2.75) is 26.8 Å². The van der Waals surface area contributed by atoms with E-state index < -0.39 is 0 Å². The van der Waals surface area contributed by atoms with Gasteiger partial charge in [0.15, 0.2) is 5.96 Å². The summed E-state index contributed by atoms with van der Waals surface area (Å²) in [6.07, 6.45) is 0.431. The zero-order valence-electron chi connectivity index (χ0n) is 14.4. The van der Waals surface area contributed by atoms with E-state index in [1.54, 1.807) is 19.0 Å². The molecule has 0 bridgehead atoms. The van der Waals surface area contributed by atoms with Gasteiger partial charge in [-0.1, -0.05) is 29.8 Å². The summed E-state index contributed by atoms with van der Waals surface area (Å²) in [6, 6.07) is 8.49. The van der Waals surface area contributed by atoms with Crippen molar-refractivity contribution >= 4 is 11.9 Å². The molecule has 0 heterocycles. The molecule has 0 fully saturated rings. The molecule has 0 atom stereocenters. The minimum absolute atomic E-state index is 0.0980. The van der Waals surface area contributed by atoms with Gasteiger partial charge in [-0.05, 0) is 19.4 Å². The van der Waals surface area contributed by atoms with Crippen LogP contribution in [0.2, 0.25) is 0 Å². The van der Waals surface area contributed by atoms with E-state index in [1.807, 2.05) is 14.0 Å². The van der Waals surface area contributed by atoms with Crippen LogP contribution in [-0.2, 0) is 11.3 Å². The summed E-state index contributed by atoms with van der Waals surface area (Å²) in [5.41, 5.74) is 2.50.